The van der Waals surface area contributed by atoms with Gasteiger partial charge in [-0.3, -0.25) is 9.78 Å². The molecule has 1 aromatic heterocycles. The fourth-order valence-electron chi connectivity index (χ4n) is 2.41. The molecule has 0 spiro atoms. The van der Waals surface area contributed by atoms with E-state index in [1.807, 2.05) is 0 Å². The first kappa shape index (κ1) is 15.8. The Balaban J connectivity index is 2.01. The van der Waals surface area contributed by atoms with Crippen LogP contribution in [0.15, 0.2) is 47.8 Å². The second kappa shape index (κ2) is 6.57. The molecule has 0 N–H and O–H groups in total. The Bertz CT molecular complexity index is 777. The summed E-state index contributed by atoms with van der Waals surface area (Å²) in [6, 6.07) is 8.84. The van der Waals surface area contributed by atoms with Crippen molar-refractivity contribution in [1.82, 2.24) is 9.99 Å². The molecule has 1 atom stereocenters. The number of methoxy groups -OCH3 is 2. The summed E-state index contributed by atoms with van der Waals surface area (Å²) in [6.45, 7) is 1.43. The third-order valence-electron chi connectivity index (χ3n) is 3.60. The average Bonchev–Trinajstić information content (AvgIpc) is 3.07. The Labute approximate surface area is 139 Å². The van der Waals surface area contributed by atoms with Crippen LogP contribution in [0.4, 0.5) is 0 Å². The van der Waals surface area contributed by atoms with Crippen LogP contribution in [-0.2, 0) is 9.53 Å². The Morgan fingerprint density at radius 3 is 2.54 bits per heavy atom. The maximum atomic E-state index is 12.0. The van der Waals surface area contributed by atoms with Gasteiger partial charge < -0.3 is 14.2 Å². The topological polar surface area (TPSA) is 73.2 Å². The summed E-state index contributed by atoms with van der Waals surface area (Å²) in [4.78, 5) is 16.0. The summed E-state index contributed by atoms with van der Waals surface area (Å²) in [5.41, 5.74) is 1.39. The Morgan fingerprint density at radius 1 is 1.17 bits per heavy atom. The molecule has 0 radical (unpaired) electrons. The van der Waals surface area contributed by atoms with Gasteiger partial charge in [-0.15, -0.1) is 5.10 Å². The van der Waals surface area contributed by atoms with Gasteiger partial charge in [0.15, 0.2) is 0 Å². The second-order valence-corrected chi connectivity index (χ2v) is 5.08. The van der Waals surface area contributed by atoms with E-state index in [-0.39, 0.29) is 5.91 Å². The molecule has 3 rings (SSSR count). The first-order chi connectivity index (χ1) is 11.6. The number of amides is 1. The van der Waals surface area contributed by atoms with Crippen LogP contribution in [0, 0.1) is 0 Å². The Hall–Kier alpha value is -3.09. The first-order valence-corrected chi connectivity index (χ1v) is 7.31. The molecule has 0 bridgehead atoms. The Morgan fingerprint density at radius 2 is 1.92 bits per heavy atom. The molecule has 1 aliphatic heterocycles. The number of hydrogen-bond donors (Lipinski definition) is 0. The first-order valence-electron chi connectivity index (χ1n) is 7.31. The molecular weight excluding hydrogens is 310 g/mol. The third-order valence-corrected chi connectivity index (χ3v) is 3.60. The zero-order valence-electron chi connectivity index (χ0n) is 13.6. The number of pyridine rings is 1. The molecule has 0 aliphatic carbocycles. The minimum Gasteiger partial charge on any atom is -0.497 e. The number of carbonyl (C=O) groups excluding carboxylic acids is 1. The maximum absolute atomic E-state index is 12.0. The van der Waals surface area contributed by atoms with Gasteiger partial charge >= 0.3 is 0 Å². The van der Waals surface area contributed by atoms with Crippen LogP contribution in [0.2, 0.25) is 0 Å². The lowest BCUT2D eigenvalue weighted by molar-refractivity contribution is -0.135. The molecule has 1 amide bonds. The highest BCUT2D eigenvalue weighted by atomic mass is 16.5. The van der Waals surface area contributed by atoms with Gasteiger partial charge in [0.1, 0.15) is 11.5 Å². The maximum Gasteiger partial charge on any atom is 0.243 e. The number of nitrogens with zero attached hydrogens (tertiary/aromatic N) is 3. The van der Waals surface area contributed by atoms with Crippen LogP contribution in [0.3, 0.4) is 0 Å². The van der Waals surface area contributed by atoms with Gasteiger partial charge in [-0.05, 0) is 30.3 Å². The fourth-order valence-corrected chi connectivity index (χ4v) is 2.41. The van der Waals surface area contributed by atoms with Gasteiger partial charge in [-0.25, -0.2) is 0 Å². The average molecular weight is 327 g/mol. The van der Waals surface area contributed by atoms with Gasteiger partial charge in [0.25, 0.3) is 0 Å². The van der Waals surface area contributed by atoms with Gasteiger partial charge in [0, 0.05) is 24.9 Å². The van der Waals surface area contributed by atoms with Crippen LogP contribution >= 0.6 is 0 Å². The van der Waals surface area contributed by atoms with Crippen molar-refractivity contribution in [3.8, 4) is 11.5 Å². The molecule has 124 valence electrons. The molecule has 1 aliphatic rings. The summed E-state index contributed by atoms with van der Waals surface area (Å²) in [6.07, 6.45) is 2.55. The second-order valence-electron chi connectivity index (χ2n) is 5.08. The predicted molar refractivity (Wildman–Crippen MR) is 86.7 cm³/mol. The van der Waals surface area contributed by atoms with Crippen molar-refractivity contribution >= 4 is 11.8 Å². The number of aromatic nitrogens is 1. The zero-order valence-corrected chi connectivity index (χ0v) is 13.6. The van der Waals surface area contributed by atoms with E-state index < -0.39 is 6.23 Å². The van der Waals surface area contributed by atoms with Gasteiger partial charge in [0.05, 0.1) is 19.8 Å². The largest absolute Gasteiger partial charge is 0.497 e. The zero-order chi connectivity index (χ0) is 17.1. The van der Waals surface area contributed by atoms with Crippen molar-refractivity contribution in [2.75, 3.05) is 14.2 Å². The standard InChI is InChI=1S/C17H17N3O4/c1-11(21)20-17(14-10-13(22-2)4-5-15(14)23-3)24-16(19-20)12-6-8-18-9-7-12/h4-10,17H,1-3H3/t17-/m0/s1. The number of rotatable bonds is 4. The van der Waals surface area contributed by atoms with E-state index in [1.165, 1.54) is 11.9 Å². The van der Waals surface area contributed by atoms with Crippen molar-refractivity contribution in [3.63, 3.8) is 0 Å². The summed E-state index contributed by atoms with van der Waals surface area (Å²) in [5, 5.41) is 5.59. The van der Waals surface area contributed by atoms with Crippen LogP contribution < -0.4 is 9.47 Å². The van der Waals surface area contributed by atoms with E-state index in [0.29, 0.717) is 23.0 Å². The normalized spacial score (nSPS) is 16.4. The van der Waals surface area contributed by atoms with E-state index in [0.717, 1.165) is 5.56 Å². The number of ether oxygens (including phenoxy) is 3. The van der Waals surface area contributed by atoms with Gasteiger partial charge in [-0.1, -0.05) is 0 Å². The lowest BCUT2D eigenvalue weighted by Gasteiger charge is -2.21. The summed E-state index contributed by atoms with van der Waals surface area (Å²) in [7, 11) is 3.13. The molecule has 1 aromatic carbocycles. The van der Waals surface area contributed by atoms with Gasteiger partial charge in [-0.2, -0.15) is 5.01 Å². The predicted octanol–water partition coefficient (Wildman–Crippen LogP) is 2.34. The van der Waals surface area contributed by atoms with Crippen molar-refractivity contribution in [2.24, 2.45) is 5.10 Å². The number of hydrogen-bond acceptors (Lipinski definition) is 6. The van der Waals surface area contributed by atoms with Crippen molar-refractivity contribution < 1.29 is 19.0 Å². The summed E-state index contributed by atoms with van der Waals surface area (Å²) >= 11 is 0. The lowest BCUT2D eigenvalue weighted by atomic mass is 10.1. The third kappa shape index (κ3) is 2.88. The minimum atomic E-state index is -0.726. The Kier molecular flexibility index (Phi) is 4.33. The molecule has 2 aromatic rings. The molecule has 24 heavy (non-hydrogen) atoms. The van der Waals surface area contributed by atoms with Crippen molar-refractivity contribution in [1.29, 1.82) is 0 Å². The highest BCUT2D eigenvalue weighted by Crippen LogP contribution is 2.37. The van der Waals surface area contributed by atoms with Gasteiger partial charge in [0.2, 0.25) is 18.0 Å². The number of carbonyl (C=O) groups is 1. The molecule has 0 unspecified atom stereocenters. The molecule has 7 nitrogen and oxygen atoms in total. The van der Waals surface area contributed by atoms with Crippen molar-refractivity contribution in [3.05, 3.63) is 53.9 Å². The smallest absolute Gasteiger partial charge is 0.243 e. The van der Waals surface area contributed by atoms with E-state index in [1.54, 1.807) is 56.9 Å². The van der Waals surface area contributed by atoms with E-state index in [4.69, 9.17) is 14.2 Å². The molecule has 0 saturated carbocycles. The van der Waals surface area contributed by atoms with Crippen LogP contribution in [0.5, 0.6) is 11.5 Å². The van der Waals surface area contributed by atoms with Crippen molar-refractivity contribution in [2.45, 2.75) is 13.2 Å². The lowest BCUT2D eigenvalue weighted by Crippen LogP contribution is -2.25. The SMILES string of the molecule is COc1ccc(OC)c([C@@H]2OC(c3ccncc3)=NN2C(C)=O)c1. The van der Waals surface area contributed by atoms with E-state index in [2.05, 4.69) is 10.1 Å². The van der Waals surface area contributed by atoms with Crippen LogP contribution in [-0.4, -0.2) is 36.0 Å². The summed E-state index contributed by atoms with van der Waals surface area (Å²) < 4.78 is 16.6. The monoisotopic (exact) mass is 327 g/mol. The molecule has 0 fully saturated rings. The highest BCUT2D eigenvalue weighted by Gasteiger charge is 2.35. The van der Waals surface area contributed by atoms with E-state index >= 15 is 0 Å². The number of benzene rings is 1. The minimum absolute atomic E-state index is 0.242. The molecule has 7 heteroatoms. The molecule has 0 saturated heterocycles. The quantitative estimate of drug-likeness (QED) is 0.862. The highest BCUT2D eigenvalue weighted by molar-refractivity contribution is 5.96. The number of hydrazone groups is 1. The van der Waals surface area contributed by atoms with Crippen LogP contribution in [0.25, 0.3) is 0 Å². The molecular formula is C17H17N3O4. The van der Waals surface area contributed by atoms with E-state index in [9.17, 15) is 4.79 Å². The fraction of sp³-hybridized carbons (Fsp3) is 0.235. The molecule has 2 heterocycles. The summed E-state index contributed by atoms with van der Waals surface area (Å²) in [5.74, 6) is 1.32. The van der Waals surface area contributed by atoms with Crippen LogP contribution in [0.1, 0.15) is 24.3 Å².